The number of ether oxygens (including phenoxy) is 3. The van der Waals surface area contributed by atoms with Crippen molar-refractivity contribution in [1.29, 1.82) is 0 Å². The van der Waals surface area contributed by atoms with Crippen molar-refractivity contribution in [3.63, 3.8) is 0 Å². The Balaban J connectivity index is 1.54. The van der Waals surface area contributed by atoms with Crippen LogP contribution in [-0.2, 0) is 22.5 Å². The lowest BCUT2D eigenvalue weighted by molar-refractivity contribution is -0.260. The number of aliphatic hydroxyl groups is 2. The minimum Gasteiger partial charge on any atom is -0.508 e. The van der Waals surface area contributed by atoms with Gasteiger partial charge < -0.3 is 79.9 Å². The third kappa shape index (κ3) is 8.14. The molecule has 1 unspecified atom stereocenters. The van der Waals surface area contributed by atoms with E-state index in [4.69, 9.17) is 18.6 Å². The molecular weight excluding hydrogens is 680 g/mol. The van der Waals surface area contributed by atoms with Gasteiger partial charge in [0.1, 0.15) is 29.1 Å². The van der Waals surface area contributed by atoms with E-state index in [0.717, 1.165) is 48.5 Å². The monoisotopic (exact) mass is 712 g/mol. The fourth-order valence-electron chi connectivity index (χ4n) is 5.27. The van der Waals surface area contributed by atoms with Gasteiger partial charge in [-0.2, -0.15) is 0 Å². The van der Waals surface area contributed by atoms with Gasteiger partial charge in [0.15, 0.2) is 51.8 Å². The van der Waals surface area contributed by atoms with Crippen LogP contribution in [0.25, 0.3) is 22.3 Å². The Morgan fingerprint density at radius 1 is 0.647 bits per heavy atom. The summed E-state index contributed by atoms with van der Waals surface area (Å²) in [5.41, 5.74) is -0.859. The van der Waals surface area contributed by atoms with Crippen molar-refractivity contribution < 1.29 is 79.9 Å². The smallest absolute Gasteiger partial charge is 0.266 e. The topological polar surface area (TPSA) is 301 Å². The molecule has 0 aliphatic carbocycles. The zero-order valence-corrected chi connectivity index (χ0v) is 26.2. The van der Waals surface area contributed by atoms with Crippen LogP contribution in [0.2, 0.25) is 0 Å². The summed E-state index contributed by atoms with van der Waals surface area (Å²) in [6.45, 7) is -3.27. The molecule has 0 aliphatic rings. The van der Waals surface area contributed by atoms with Gasteiger partial charge in [-0.1, -0.05) is 0 Å². The average molecular weight is 713 g/mol. The van der Waals surface area contributed by atoms with Crippen molar-refractivity contribution in [1.82, 2.24) is 0 Å². The Kier molecular flexibility index (Phi) is 10.4. The van der Waals surface area contributed by atoms with Crippen molar-refractivity contribution in [2.75, 3.05) is 6.61 Å². The molecule has 5 rings (SSSR count). The molecular formula is C34H32O17. The Labute approximate surface area is 286 Å². The van der Waals surface area contributed by atoms with Gasteiger partial charge in [-0.15, -0.1) is 0 Å². The fourth-order valence-corrected chi connectivity index (χ4v) is 5.27. The molecule has 0 amide bonds. The van der Waals surface area contributed by atoms with Gasteiger partial charge in [0.05, 0.1) is 18.8 Å². The SMILES string of the molecule is O=c1c(OC[C@H](CC(Cc2cc(O)c(O)c(O)c2)OC(O)O)OCc2cc(O)c(O)c(O)c2)c(-c2ccc(O)c(O)c2)oc2cc(O)cc(O)c12. The van der Waals surface area contributed by atoms with E-state index in [-0.39, 0.29) is 47.5 Å². The molecule has 0 spiro atoms. The number of phenols is 10. The lowest BCUT2D eigenvalue weighted by atomic mass is 10.0. The number of benzene rings is 4. The highest BCUT2D eigenvalue weighted by atomic mass is 16.7. The summed E-state index contributed by atoms with van der Waals surface area (Å²) >= 11 is 0. The quantitative estimate of drug-likeness (QED) is 0.0617. The Morgan fingerprint density at radius 2 is 1.25 bits per heavy atom. The Hall–Kier alpha value is -6.27. The molecule has 0 fully saturated rings. The second-order valence-corrected chi connectivity index (χ2v) is 11.4. The molecule has 17 heteroatoms. The summed E-state index contributed by atoms with van der Waals surface area (Å²) in [5, 5.41) is 119. The van der Waals surface area contributed by atoms with Gasteiger partial charge in [0.2, 0.25) is 11.2 Å². The molecule has 0 saturated heterocycles. The largest absolute Gasteiger partial charge is 0.508 e. The van der Waals surface area contributed by atoms with Gasteiger partial charge in [0, 0.05) is 24.1 Å². The number of aromatic hydroxyl groups is 10. The maximum Gasteiger partial charge on any atom is 0.266 e. The maximum absolute atomic E-state index is 13.8. The molecule has 1 heterocycles. The average Bonchev–Trinajstić information content (AvgIpc) is 3.04. The van der Waals surface area contributed by atoms with Crippen LogP contribution in [0.15, 0.2) is 63.8 Å². The van der Waals surface area contributed by atoms with Crippen LogP contribution in [-0.4, -0.2) is 86.6 Å². The first kappa shape index (κ1) is 36.0. The van der Waals surface area contributed by atoms with Gasteiger partial charge in [-0.25, -0.2) is 0 Å². The molecule has 5 aromatic rings. The van der Waals surface area contributed by atoms with E-state index in [9.17, 15) is 66.1 Å². The predicted octanol–water partition coefficient (Wildman–Crippen LogP) is 2.77. The van der Waals surface area contributed by atoms with Crippen LogP contribution in [0.1, 0.15) is 17.5 Å². The third-order valence-corrected chi connectivity index (χ3v) is 7.62. The summed E-state index contributed by atoms with van der Waals surface area (Å²) in [5.74, 6) is -7.28. The number of hydrogen-bond acceptors (Lipinski definition) is 17. The minimum absolute atomic E-state index is 0.0196. The van der Waals surface area contributed by atoms with E-state index in [1.807, 2.05) is 0 Å². The van der Waals surface area contributed by atoms with Gasteiger partial charge >= 0.3 is 0 Å². The highest BCUT2D eigenvalue weighted by molar-refractivity contribution is 5.88. The molecule has 2 atom stereocenters. The number of aliphatic hydroxyl groups excluding tert-OH is 1. The minimum atomic E-state index is -2.33. The van der Waals surface area contributed by atoms with Crippen LogP contribution in [0.3, 0.4) is 0 Å². The van der Waals surface area contributed by atoms with Crippen molar-refractivity contribution >= 4 is 11.0 Å². The Bertz CT molecular complexity index is 2080. The van der Waals surface area contributed by atoms with E-state index in [0.29, 0.717) is 0 Å². The van der Waals surface area contributed by atoms with Crippen LogP contribution in [0, 0.1) is 0 Å². The van der Waals surface area contributed by atoms with Crippen LogP contribution in [0.5, 0.6) is 63.2 Å². The number of phenolic OH excluding ortho intramolecular Hbond substituents is 10. The van der Waals surface area contributed by atoms with Gasteiger partial charge in [-0.05, 0) is 60.0 Å². The number of rotatable bonds is 13. The molecule has 51 heavy (non-hydrogen) atoms. The third-order valence-electron chi connectivity index (χ3n) is 7.62. The van der Waals surface area contributed by atoms with Crippen molar-refractivity contribution in [3.05, 3.63) is 75.9 Å². The second kappa shape index (κ2) is 14.7. The normalized spacial score (nSPS) is 12.7. The molecule has 0 saturated carbocycles. The first-order chi connectivity index (χ1) is 24.1. The first-order valence-electron chi connectivity index (χ1n) is 14.9. The summed E-state index contributed by atoms with van der Waals surface area (Å²) in [6, 6.07) is 9.75. The number of fused-ring (bicyclic) bond motifs is 1. The maximum atomic E-state index is 13.8. The fraction of sp³-hybridized carbons (Fsp3) is 0.206. The lowest BCUT2D eigenvalue weighted by Gasteiger charge is -2.26. The molecule has 12 N–H and O–H groups in total. The highest BCUT2D eigenvalue weighted by Crippen LogP contribution is 2.40. The summed E-state index contributed by atoms with van der Waals surface area (Å²) in [6.07, 6.45) is -2.90. The van der Waals surface area contributed by atoms with E-state index in [2.05, 4.69) is 0 Å². The van der Waals surface area contributed by atoms with Crippen LogP contribution < -0.4 is 10.2 Å². The van der Waals surface area contributed by atoms with E-state index in [1.165, 1.54) is 6.07 Å². The molecule has 1 aromatic heterocycles. The molecule has 270 valence electrons. The first-order valence-corrected chi connectivity index (χ1v) is 14.9. The standard InChI is InChI=1S/C34H32O17/c35-17-9-22(38)28-27(10-17)51-32(16-1-2-20(36)21(37)8-16)33(31(28)45)49-13-19(48-12-15-6-25(41)30(44)26(42)7-15)11-18(50-34(46)47)3-14-4-23(39)29(43)24(40)5-14/h1-2,4-10,18-19,34-44,46-47H,3,11-13H2/t18?,19-/m0/s1. The zero-order chi connectivity index (χ0) is 37.1. The molecule has 0 aliphatic heterocycles. The molecule has 0 radical (unpaired) electrons. The summed E-state index contributed by atoms with van der Waals surface area (Å²) < 4.78 is 23.0. The second-order valence-electron chi connectivity index (χ2n) is 11.4. The van der Waals surface area contributed by atoms with E-state index >= 15 is 0 Å². The van der Waals surface area contributed by atoms with Crippen molar-refractivity contribution in [3.8, 4) is 74.6 Å². The highest BCUT2D eigenvalue weighted by Gasteiger charge is 2.26. The lowest BCUT2D eigenvalue weighted by Crippen LogP contribution is -2.33. The summed E-state index contributed by atoms with van der Waals surface area (Å²) in [4.78, 5) is 13.8. The zero-order valence-electron chi connectivity index (χ0n) is 26.2. The van der Waals surface area contributed by atoms with Crippen LogP contribution in [0.4, 0.5) is 0 Å². The summed E-state index contributed by atoms with van der Waals surface area (Å²) in [7, 11) is 0. The predicted molar refractivity (Wildman–Crippen MR) is 173 cm³/mol. The van der Waals surface area contributed by atoms with Gasteiger partial charge in [0.25, 0.3) is 6.48 Å². The van der Waals surface area contributed by atoms with E-state index < -0.39 is 99.4 Å². The molecule has 17 nitrogen and oxygen atoms in total. The van der Waals surface area contributed by atoms with Crippen molar-refractivity contribution in [2.45, 2.75) is 38.1 Å². The van der Waals surface area contributed by atoms with Crippen LogP contribution >= 0.6 is 0 Å². The number of hydrogen-bond donors (Lipinski definition) is 12. The van der Waals surface area contributed by atoms with E-state index in [1.54, 1.807) is 0 Å². The van der Waals surface area contributed by atoms with Crippen molar-refractivity contribution in [2.24, 2.45) is 0 Å². The Morgan fingerprint density at radius 3 is 1.84 bits per heavy atom. The molecule has 0 bridgehead atoms. The van der Waals surface area contributed by atoms with Gasteiger partial charge in [-0.3, -0.25) is 4.79 Å². The molecule has 4 aromatic carbocycles.